The zero-order valence-corrected chi connectivity index (χ0v) is 9.24. The molecule has 0 saturated carbocycles. The van der Waals surface area contributed by atoms with Gasteiger partial charge >= 0.3 is 0 Å². The van der Waals surface area contributed by atoms with Crippen molar-refractivity contribution < 1.29 is 4.79 Å². The van der Waals surface area contributed by atoms with E-state index in [1.54, 1.807) is 0 Å². The lowest BCUT2D eigenvalue weighted by Crippen LogP contribution is -2.10. The fourth-order valence-corrected chi connectivity index (χ4v) is 1.26. The number of hydrogen-bond donors (Lipinski definition) is 0. The van der Waals surface area contributed by atoms with Crippen molar-refractivity contribution in [2.45, 2.75) is 13.8 Å². The van der Waals surface area contributed by atoms with Crippen LogP contribution in [-0.2, 0) is 0 Å². The lowest BCUT2D eigenvalue weighted by molar-refractivity contribution is 0.0939. The molecule has 1 aromatic carbocycles. The fourth-order valence-electron chi connectivity index (χ4n) is 1.26. The monoisotopic (exact) mass is 191 g/mol. The third kappa shape index (κ3) is 2.34. The molecular formula is C12H17NO. The molecule has 0 aromatic heterocycles. The van der Waals surface area contributed by atoms with Gasteiger partial charge in [0.1, 0.15) is 0 Å². The van der Waals surface area contributed by atoms with Gasteiger partial charge < -0.3 is 4.90 Å². The Balaban J connectivity index is 2.89. The molecule has 0 aliphatic heterocycles. The van der Waals surface area contributed by atoms with E-state index in [4.69, 9.17) is 0 Å². The Morgan fingerprint density at radius 2 is 1.64 bits per heavy atom. The number of ketones is 1. The van der Waals surface area contributed by atoms with Crippen LogP contribution in [0.1, 0.15) is 24.2 Å². The average Bonchev–Trinajstić information content (AvgIpc) is 2.16. The Morgan fingerprint density at radius 1 is 1.14 bits per heavy atom. The molecule has 0 radical (unpaired) electrons. The van der Waals surface area contributed by atoms with E-state index in [-0.39, 0.29) is 11.7 Å². The predicted molar refractivity (Wildman–Crippen MR) is 59.9 cm³/mol. The highest BCUT2D eigenvalue weighted by Gasteiger charge is 2.09. The Labute approximate surface area is 85.5 Å². The molecule has 1 rings (SSSR count). The van der Waals surface area contributed by atoms with Crippen LogP contribution in [0.5, 0.6) is 0 Å². The average molecular weight is 191 g/mol. The first-order valence-corrected chi connectivity index (χ1v) is 4.84. The first kappa shape index (κ1) is 10.8. The van der Waals surface area contributed by atoms with Gasteiger partial charge in [0.25, 0.3) is 0 Å². The molecule has 76 valence electrons. The Bertz CT molecular complexity index is 312. The van der Waals surface area contributed by atoms with Crippen LogP contribution in [0.15, 0.2) is 24.3 Å². The van der Waals surface area contributed by atoms with Gasteiger partial charge in [0.05, 0.1) is 0 Å². The summed E-state index contributed by atoms with van der Waals surface area (Å²) < 4.78 is 0. The summed E-state index contributed by atoms with van der Waals surface area (Å²) in [6.45, 7) is 3.84. The van der Waals surface area contributed by atoms with Crippen LogP contribution in [0.2, 0.25) is 0 Å². The maximum atomic E-state index is 11.6. The number of benzene rings is 1. The maximum Gasteiger partial charge on any atom is 0.165 e. The molecule has 0 heterocycles. The summed E-state index contributed by atoms with van der Waals surface area (Å²) in [7, 11) is 3.97. The number of carbonyl (C=O) groups excluding carboxylic acids is 1. The van der Waals surface area contributed by atoms with E-state index >= 15 is 0 Å². The number of carbonyl (C=O) groups is 1. The van der Waals surface area contributed by atoms with Crippen molar-refractivity contribution in [2.75, 3.05) is 19.0 Å². The van der Waals surface area contributed by atoms with E-state index in [9.17, 15) is 4.79 Å². The molecule has 0 spiro atoms. The van der Waals surface area contributed by atoms with Gasteiger partial charge in [0, 0.05) is 31.3 Å². The fraction of sp³-hybridized carbons (Fsp3) is 0.417. The minimum atomic E-state index is 0.0696. The summed E-state index contributed by atoms with van der Waals surface area (Å²) >= 11 is 0. The molecule has 0 amide bonds. The standard InChI is InChI=1S/C12H17NO/c1-9(2)12(14)10-5-7-11(8-6-10)13(3)4/h5-9H,1-4H3. The predicted octanol–water partition coefficient (Wildman–Crippen LogP) is 2.59. The van der Waals surface area contributed by atoms with E-state index < -0.39 is 0 Å². The van der Waals surface area contributed by atoms with Crippen molar-refractivity contribution >= 4 is 11.5 Å². The van der Waals surface area contributed by atoms with E-state index in [1.165, 1.54) is 0 Å². The van der Waals surface area contributed by atoms with Gasteiger partial charge in [-0.3, -0.25) is 4.79 Å². The van der Waals surface area contributed by atoms with Crippen LogP contribution in [0.3, 0.4) is 0 Å². The van der Waals surface area contributed by atoms with Gasteiger partial charge in [-0.25, -0.2) is 0 Å². The van der Waals surface area contributed by atoms with E-state index in [1.807, 2.05) is 57.1 Å². The van der Waals surface area contributed by atoms with E-state index in [0.29, 0.717) is 0 Å². The Hall–Kier alpha value is -1.31. The summed E-state index contributed by atoms with van der Waals surface area (Å²) in [5.41, 5.74) is 1.91. The largest absolute Gasteiger partial charge is 0.378 e. The number of Topliss-reactive ketones (excluding diaryl/α,β-unsaturated/α-hetero) is 1. The number of nitrogens with zero attached hydrogens (tertiary/aromatic N) is 1. The van der Waals surface area contributed by atoms with Crippen molar-refractivity contribution in [2.24, 2.45) is 5.92 Å². The highest BCUT2D eigenvalue weighted by atomic mass is 16.1. The molecule has 0 aliphatic carbocycles. The first-order valence-electron chi connectivity index (χ1n) is 4.84. The van der Waals surface area contributed by atoms with Gasteiger partial charge in [0.2, 0.25) is 0 Å². The van der Waals surface area contributed by atoms with Gasteiger partial charge in [-0.1, -0.05) is 13.8 Å². The minimum Gasteiger partial charge on any atom is -0.378 e. The molecule has 0 bridgehead atoms. The second kappa shape index (κ2) is 4.27. The van der Waals surface area contributed by atoms with Crippen molar-refractivity contribution in [3.05, 3.63) is 29.8 Å². The van der Waals surface area contributed by atoms with Gasteiger partial charge in [-0.2, -0.15) is 0 Å². The number of anilines is 1. The zero-order valence-electron chi connectivity index (χ0n) is 9.24. The molecule has 0 atom stereocenters. The maximum absolute atomic E-state index is 11.6. The van der Waals surface area contributed by atoms with Gasteiger partial charge in [-0.15, -0.1) is 0 Å². The van der Waals surface area contributed by atoms with Crippen molar-refractivity contribution in [3.8, 4) is 0 Å². The Morgan fingerprint density at radius 3 is 2.00 bits per heavy atom. The SMILES string of the molecule is CC(C)C(=O)c1ccc(N(C)C)cc1. The summed E-state index contributed by atoms with van der Waals surface area (Å²) in [5.74, 6) is 0.274. The van der Waals surface area contributed by atoms with Crippen LogP contribution >= 0.6 is 0 Å². The molecule has 0 aliphatic rings. The molecule has 0 saturated heterocycles. The minimum absolute atomic E-state index is 0.0696. The van der Waals surface area contributed by atoms with Crippen molar-refractivity contribution in [3.63, 3.8) is 0 Å². The third-order valence-corrected chi connectivity index (χ3v) is 2.19. The lowest BCUT2D eigenvalue weighted by atomic mass is 10.0. The summed E-state index contributed by atoms with van der Waals surface area (Å²) in [5, 5.41) is 0. The van der Waals surface area contributed by atoms with Crippen LogP contribution in [-0.4, -0.2) is 19.9 Å². The summed E-state index contributed by atoms with van der Waals surface area (Å²) in [6.07, 6.45) is 0. The molecule has 14 heavy (non-hydrogen) atoms. The van der Waals surface area contributed by atoms with E-state index in [0.717, 1.165) is 11.3 Å². The molecule has 0 unspecified atom stereocenters. The Kier molecular flexibility index (Phi) is 3.28. The molecule has 0 N–H and O–H groups in total. The summed E-state index contributed by atoms with van der Waals surface area (Å²) in [6, 6.07) is 7.71. The quantitative estimate of drug-likeness (QED) is 0.684. The van der Waals surface area contributed by atoms with Crippen LogP contribution in [0.4, 0.5) is 5.69 Å². The lowest BCUT2D eigenvalue weighted by Gasteiger charge is -2.12. The molecule has 2 heteroatoms. The zero-order chi connectivity index (χ0) is 10.7. The first-order chi connectivity index (χ1) is 6.52. The van der Waals surface area contributed by atoms with Gasteiger partial charge in [-0.05, 0) is 24.3 Å². The second-order valence-electron chi connectivity index (χ2n) is 3.96. The van der Waals surface area contributed by atoms with Crippen molar-refractivity contribution in [1.82, 2.24) is 0 Å². The third-order valence-electron chi connectivity index (χ3n) is 2.19. The molecule has 1 aromatic rings. The van der Waals surface area contributed by atoms with Crippen molar-refractivity contribution in [1.29, 1.82) is 0 Å². The van der Waals surface area contributed by atoms with E-state index in [2.05, 4.69) is 0 Å². The number of rotatable bonds is 3. The smallest absolute Gasteiger partial charge is 0.165 e. The van der Waals surface area contributed by atoms with Crippen LogP contribution in [0, 0.1) is 5.92 Å². The normalized spacial score (nSPS) is 10.4. The number of hydrogen-bond acceptors (Lipinski definition) is 2. The van der Waals surface area contributed by atoms with Gasteiger partial charge in [0.15, 0.2) is 5.78 Å². The van der Waals surface area contributed by atoms with Crippen LogP contribution < -0.4 is 4.90 Å². The highest BCUT2D eigenvalue weighted by molar-refractivity contribution is 5.97. The molecule has 2 nitrogen and oxygen atoms in total. The molecular weight excluding hydrogens is 174 g/mol. The summed E-state index contributed by atoms with van der Waals surface area (Å²) in [4.78, 5) is 13.6. The molecule has 0 fully saturated rings. The topological polar surface area (TPSA) is 20.3 Å². The second-order valence-corrected chi connectivity index (χ2v) is 3.96. The highest BCUT2D eigenvalue weighted by Crippen LogP contribution is 2.14. The van der Waals surface area contributed by atoms with Crippen LogP contribution in [0.25, 0.3) is 0 Å².